The summed E-state index contributed by atoms with van der Waals surface area (Å²) in [5.41, 5.74) is 7.42. The third kappa shape index (κ3) is 3.03. The molecule has 6 rings (SSSR count). The number of benzene rings is 4. The van der Waals surface area contributed by atoms with Crippen LogP contribution in [0, 0.1) is 13.8 Å². The summed E-state index contributed by atoms with van der Waals surface area (Å²) in [5, 5.41) is 7.78. The van der Waals surface area contributed by atoms with E-state index in [1.807, 2.05) is 12.1 Å². The van der Waals surface area contributed by atoms with Crippen molar-refractivity contribution in [3.63, 3.8) is 0 Å². The molecule has 2 heteroatoms. The van der Waals surface area contributed by atoms with Gasteiger partial charge in [0.1, 0.15) is 11.5 Å². The SMILES string of the molecule is COc1ccc(-c2c3ccc(OC)ccc-3c3c4cc(C)ccc4c4ccc(C)cc4c23)cc1. The topological polar surface area (TPSA) is 18.5 Å². The third-order valence-electron chi connectivity index (χ3n) is 6.95. The van der Waals surface area contributed by atoms with Crippen LogP contribution in [0.3, 0.4) is 0 Å². The molecule has 34 heavy (non-hydrogen) atoms. The number of rotatable bonds is 3. The van der Waals surface area contributed by atoms with Gasteiger partial charge in [0.25, 0.3) is 0 Å². The van der Waals surface area contributed by atoms with Gasteiger partial charge in [-0.3, -0.25) is 0 Å². The minimum Gasteiger partial charge on any atom is -0.497 e. The number of hydrogen-bond acceptors (Lipinski definition) is 2. The molecule has 0 radical (unpaired) electrons. The highest BCUT2D eigenvalue weighted by Crippen LogP contribution is 2.51. The Bertz CT molecular complexity index is 1680. The molecule has 0 aliphatic heterocycles. The van der Waals surface area contributed by atoms with Gasteiger partial charge in [-0.05, 0) is 92.7 Å². The standard InChI is InChI=1S/C32H26O2/c1-19-5-13-24-25-14-6-20(2)18-29(25)32-30(21-7-9-22(33-3)10-8-21)26-15-11-23(34-4)12-16-27(26)31(32)28(24)17-19/h5-18H,1-4H3. The quantitative estimate of drug-likeness (QED) is 0.256. The van der Waals surface area contributed by atoms with Crippen molar-refractivity contribution in [1.29, 1.82) is 0 Å². The zero-order valence-corrected chi connectivity index (χ0v) is 19.9. The fraction of sp³-hybridized carbons (Fsp3) is 0.125. The Morgan fingerprint density at radius 3 is 1.53 bits per heavy atom. The molecule has 0 aromatic heterocycles. The first kappa shape index (κ1) is 20.6. The molecule has 0 amide bonds. The van der Waals surface area contributed by atoms with Gasteiger partial charge < -0.3 is 9.47 Å². The second kappa shape index (κ2) is 7.78. The molecule has 0 saturated heterocycles. The molecule has 4 aromatic carbocycles. The number of hydrogen-bond donors (Lipinski definition) is 0. The van der Waals surface area contributed by atoms with Crippen LogP contribution in [-0.2, 0) is 0 Å². The molecule has 0 N–H and O–H groups in total. The minimum absolute atomic E-state index is 0.849. The first-order valence-electron chi connectivity index (χ1n) is 11.6. The summed E-state index contributed by atoms with van der Waals surface area (Å²) in [7, 11) is 3.43. The Hall–Kier alpha value is -4.04. The lowest BCUT2D eigenvalue weighted by atomic mass is 9.92. The van der Waals surface area contributed by atoms with Gasteiger partial charge in [-0.25, -0.2) is 0 Å². The lowest BCUT2D eigenvalue weighted by molar-refractivity contribution is 0.415. The predicted octanol–water partition coefficient (Wildman–Crippen LogP) is 8.55. The van der Waals surface area contributed by atoms with Crippen molar-refractivity contribution in [3.05, 3.63) is 96.1 Å². The van der Waals surface area contributed by atoms with Crippen LogP contribution >= 0.6 is 0 Å². The first-order chi connectivity index (χ1) is 16.6. The summed E-state index contributed by atoms with van der Waals surface area (Å²) in [5.74, 6) is 1.71. The van der Waals surface area contributed by atoms with E-state index >= 15 is 0 Å². The van der Waals surface area contributed by atoms with Gasteiger partial charge in [0, 0.05) is 0 Å². The van der Waals surface area contributed by atoms with Crippen LogP contribution < -0.4 is 9.47 Å². The van der Waals surface area contributed by atoms with E-state index in [9.17, 15) is 0 Å². The minimum atomic E-state index is 0.849. The zero-order chi connectivity index (χ0) is 23.4. The predicted molar refractivity (Wildman–Crippen MR) is 144 cm³/mol. The van der Waals surface area contributed by atoms with Crippen molar-refractivity contribution in [3.8, 4) is 33.8 Å². The van der Waals surface area contributed by atoms with Gasteiger partial charge in [0.2, 0.25) is 0 Å². The summed E-state index contributed by atoms with van der Waals surface area (Å²) in [4.78, 5) is 0. The van der Waals surface area contributed by atoms with Crippen LogP contribution in [0.5, 0.6) is 11.5 Å². The highest BCUT2D eigenvalue weighted by molar-refractivity contribution is 6.35. The van der Waals surface area contributed by atoms with E-state index in [0.717, 1.165) is 11.5 Å². The Morgan fingerprint density at radius 1 is 0.471 bits per heavy atom. The molecule has 0 unspecified atom stereocenters. The molecule has 2 nitrogen and oxygen atoms in total. The van der Waals surface area contributed by atoms with Gasteiger partial charge in [-0.1, -0.05) is 71.8 Å². The normalized spacial score (nSPS) is 11.5. The van der Waals surface area contributed by atoms with Gasteiger partial charge in [0.15, 0.2) is 0 Å². The van der Waals surface area contributed by atoms with Crippen molar-refractivity contribution in [1.82, 2.24) is 0 Å². The third-order valence-corrected chi connectivity index (χ3v) is 6.95. The highest BCUT2D eigenvalue weighted by Gasteiger charge is 2.23. The van der Waals surface area contributed by atoms with Crippen molar-refractivity contribution in [2.45, 2.75) is 13.8 Å². The lowest BCUT2D eigenvalue weighted by Crippen LogP contribution is -1.85. The molecule has 0 saturated carbocycles. The molecule has 0 bridgehead atoms. The van der Waals surface area contributed by atoms with Crippen LogP contribution in [0.2, 0.25) is 0 Å². The maximum Gasteiger partial charge on any atom is 0.118 e. The summed E-state index contributed by atoms with van der Waals surface area (Å²) in [6.07, 6.45) is 0. The Kier molecular flexibility index (Phi) is 4.70. The van der Waals surface area contributed by atoms with Crippen molar-refractivity contribution < 1.29 is 9.47 Å². The van der Waals surface area contributed by atoms with E-state index in [-0.39, 0.29) is 0 Å². The molecule has 0 heterocycles. The molecule has 0 atom stereocenters. The molecular weight excluding hydrogens is 416 g/mol. The molecule has 2 aliphatic rings. The summed E-state index contributed by atoms with van der Waals surface area (Å²) in [6.45, 7) is 4.34. The van der Waals surface area contributed by atoms with Crippen LogP contribution in [-0.4, -0.2) is 14.2 Å². The second-order valence-corrected chi connectivity index (χ2v) is 9.05. The van der Waals surface area contributed by atoms with E-state index in [1.165, 1.54) is 65.7 Å². The fourth-order valence-corrected chi connectivity index (χ4v) is 5.34. The maximum absolute atomic E-state index is 5.58. The van der Waals surface area contributed by atoms with E-state index in [4.69, 9.17) is 9.47 Å². The van der Waals surface area contributed by atoms with Crippen LogP contribution in [0.15, 0.2) is 84.9 Å². The Balaban J connectivity index is 1.91. The monoisotopic (exact) mass is 442 g/mol. The smallest absolute Gasteiger partial charge is 0.118 e. The largest absolute Gasteiger partial charge is 0.497 e. The summed E-state index contributed by atoms with van der Waals surface area (Å²) < 4.78 is 11.0. The van der Waals surface area contributed by atoms with Crippen LogP contribution in [0.4, 0.5) is 0 Å². The molecular formula is C32H26O2. The molecule has 0 fully saturated rings. The van der Waals surface area contributed by atoms with Crippen LogP contribution in [0.25, 0.3) is 54.6 Å². The number of aryl methyl sites for hydroxylation is 2. The van der Waals surface area contributed by atoms with E-state index in [2.05, 4.69) is 86.6 Å². The average molecular weight is 443 g/mol. The lowest BCUT2D eigenvalue weighted by Gasteiger charge is -2.12. The van der Waals surface area contributed by atoms with E-state index in [0.29, 0.717) is 0 Å². The van der Waals surface area contributed by atoms with Gasteiger partial charge in [-0.2, -0.15) is 0 Å². The van der Waals surface area contributed by atoms with Gasteiger partial charge in [0.05, 0.1) is 14.2 Å². The van der Waals surface area contributed by atoms with Gasteiger partial charge >= 0.3 is 0 Å². The van der Waals surface area contributed by atoms with Crippen molar-refractivity contribution >= 4 is 32.3 Å². The maximum atomic E-state index is 5.58. The first-order valence-corrected chi connectivity index (χ1v) is 11.6. The Labute approximate surface area is 199 Å². The fourth-order valence-electron chi connectivity index (χ4n) is 5.34. The molecule has 2 aliphatic carbocycles. The van der Waals surface area contributed by atoms with E-state index in [1.54, 1.807) is 14.2 Å². The molecule has 4 aromatic rings. The van der Waals surface area contributed by atoms with Crippen molar-refractivity contribution in [2.75, 3.05) is 14.2 Å². The number of methoxy groups -OCH3 is 2. The number of fused-ring (bicyclic) bond motifs is 8. The summed E-state index contributed by atoms with van der Waals surface area (Å²) >= 11 is 0. The molecule has 166 valence electrons. The number of ether oxygens (including phenoxy) is 2. The van der Waals surface area contributed by atoms with Crippen LogP contribution in [0.1, 0.15) is 11.1 Å². The highest BCUT2D eigenvalue weighted by atomic mass is 16.5. The van der Waals surface area contributed by atoms with E-state index < -0.39 is 0 Å². The van der Waals surface area contributed by atoms with Crippen molar-refractivity contribution in [2.24, 2.45) is 0 Å². The second-order valence-electron chi connectivity index (χ2n) is 9.05. The Morgan fingerprint density at radius 2 is 0.971 bits per heavy atom. The zero-order valence-electron chi connectivity index (χ0n) is 19.9. The van der Waals surface area contributed by atoms with Gasteiger partial charge in [-0.15, -0.1) is 0 Å². The molecule has 0 spiro atoms. The average Bonchev–Trinajstić information content (AvgIpc) is 3.03. The summed E-state index contributed by atoms with van der Waals surface area (Å²) in [6, 6.07) is 30.6.